The number of hydrogen-bond donors (Lipinski definition) is 1. The molecule has 0 fully saturated rings. The van der Waals surface area contributed by atoms with Crippen molar-refractivity contribution in [3.63, 3.8) is 0 Å². The maximum atomic E-state index is 4.32. The van der Waals surface area contributed by atoms with Gasteiger partial charge >= 0.3 is 0 Å². The second-order valence-corrected chi connectivity index (χ2v) is 5.17. The summed E-state index contributed by atoms with van der Waals surface area (Å²) in [4.78, 5) is 6.62. The molecule has 2 rings (SSSR count). The van der Waals surface area contributed by atoms with E-state index in [1.807, 2.05) is 12.6 Å². The summed E-state index contributed by atoms with van der Waals surface area (Å²) in [7, 11) is 4.12. The molecule has 4 heteroatoms. The van der Waals surface area contributed by atoms with Gasteiger partial charge in [-0.05, 0) is 25.2 Å². The Morgan fingerprint density at radius 2 is 2.00 bits per heavy atom. The molecule has 0 radical (unpaired) electrons. The molecule has 0 atom stereocenters. The molecule has 18 heavy (non-hydrogen) atoms. The van der Waals surface area contributed by atoms with Crippen molar-refractivity contribution in [2.24, 2.45) is 0 Å². The van der Waals surface area contributed by atoms with Crippen molar-refractivity contribution >= 4 is 11.3 Å². The molecule has 1 aromatic carbocycles. The van der Waals surface area contributed by atoms with Crippen LogP contribution < -0.4 is 5.32 Å². The molecule has 0 unspecified atom stereocenters. The van der Waals surface area contributed by atoms with E-state index in [2.05, 4.69) is 51.9 Å². The minimum absolute atomic E-state index is 0.900. The van der Waals surface area contributed by atoms with E-state index in [-0.39, 0.29) is 0 Å². The summed E-state index contributed by atoms with van der Waals surface area (Å²) >= 11 is 1.65. The molecular formula is C14H19N3S. The van der Waals surface area contributed by atoms with E-state index in [1.165, 1.54) is 11.1 Å². The molecule has 1 aromatic heterocycles. The first kappa shape index (κ1) is 13.2. The zero-order chi connectivity index (χ0) is 12.8. The Morgan fingerprint density at radius 3 is 2.67 bits per heavy atom. The summed E-state index contributed by atoms with van der Waals surface area (Å²) in [6.07, 6.45) is 0. The van der Waals surface area contributed by atoms with Gasteiger partial charge < -0.3 is 5.32 Å². The Hall–Kier alpha value is -1.23. The Labute approximate surface area is 112 Å². The summed E-state index contributed by atoms with van der Waals surface area (Å²) in [5, 5.41) is 5.32. The lowest BCUT2D eigenvalue weighted by atomic mass is 10.1. The van der Waals surface area contributed by atoms with Crippen LogP contribution in [-0.4, -0.2) is 24.0 Å². The maximum absolute atomic E-state index is 4.32. The topological polar surface area (TPSA) is 28.2 Å². The summed E-state index contributed by atoms with van der Waals surface area (Å²) < 4.78 is 0. The zero-order valence-electron chi connectivity index (χ0n) is 10.9. The highest BCUT2D eigenvalue weighted by molar-refractivity contribution is 7.07. The summed E-state index contributed by atoms with van der Waals surface area (Å²) in [5.41, 5.74) is 5.78. The Balaban J connectivity index is 2.00. The molecule has 1 heterocycles. The van der Waals surface area contributed by atoms with Crippen molar-refractivity contribution in [1.82, 2.24) is 15.2 Å². The van der Waals surface area contributed by atoms with Gasteiger partial charge in [0.25, 0.3) is 0 Å². The number of nitrogens with zero attached hydrogens (tertiary/aromatic N) is 2. The molecule has 0 aliphatic carbocycles. The molecule has 0 spiro atoms. The molecular weight excluding hydrogens is 242 g/mol. The normalized spacial score (nSPS) is 11.1. The first-order valence-electron chi connectivity index (χ1n) is 6.06. The average Bonchev–Trinajstić information content (AvgIpc) is 2.84. The van der Waals surface area contributed by atoms with E-state index in [4.69, 9.17) is 0 Å². The Morgan fingerprint density at radius 1 is 1.22 bits per heavy atom. The largest absolute Gasteiger partial charge is 0.316 e. The van der Waals surface area contributed by atoms with Crippen molar-refractivity contribution in [2.75, 3.05) is 14.1 Å². The zero-order valence-corrected chi connectivity index (χ0v) is 11.7. The predicted molar refractivity (Wildman–Crippen MR) is 76.5 cm³/mol. The fourth-order valence-corrected chi connectivity index (χ4v) is 2.56. The van der Waals surface area contributed by atoms with E-state index in [1.54, 1.807) is 11.3 Å². The smallest absolute Gasteiger partial charge is 0.0795 e. The van der Waals surface area contributed by atoms with E-state index in [9.17, 15) is 0 Å². The van der Waals surface area contributed by atoms with Gasteiger partial charge in [-0.1, -0.05) is 24.3 Å². The first-order chi connectivity index (χ1) is 8.79. The minimum atomic E-state index is 0.900. The molecule has 0 aliphatic heterocycles. The van der Waals surface area contributed by atoms with Gasteiger partial charge in [0.2, 0.25) is 0 Å². The lowest BCUT2D eigenvalue weighted by Gasteiger charge is -2.17. The van der Waals surface area contributed by atoms with Gasteiger partial charge in [-0.2, -0.15) is 0 Å². The fraction of sp³-hybridized carbons (Fsp3) is 0.357. The summed E-state index contributed by atoms with van der Waals surface area (Å²) in [6.45, 7) is 2.77. The van der Waals surface area contributed by atoms with E-state index >= 15 is 0 Å². The second-order valence-electron chi connectivity index (χ2n) is 4.45. The van der Waals surface area contributed by atoms with Crippen LogP contribution in [0.5, 0.6) is 0 Å². The summed E-state index contributed by atoms with van der Waals surface area (Å²) in [5.74, 6) is 0. The van der Waals surface area contributed by atoms with Crippen molar-refractivity contribution in [3.8, 4) is 0 Å². The Bertz CT molecular complexity index is 468. The van der Waals surface area contributed by atoms with Crippen LogP contribution in [0.1, 0.15) is 16.8 Å². The molecule has 2 aromatic rings. The van der Waals surface area contributed by atoms with Gasteiger partial charge in [0, 0.05) is 25.0 Å². The number of benzene rings is 1. The van der Waals surface area contributed by atoms with Crippen molar-refractivity contribution in [2.45, 2.75) is 19.6 Å². The monoisotopic (exact) mass is 261 g/mol. The highest BCUT2D eigenvalue weighted by Gasteiger charge is 2.06. The maximum Gasteiger partial charge on any atom is 0.0795 e. The minimum Gasteiger partial charge on any atom is -0.316 e. The van der Waals surface area contributed by atoms with E-state index < -0.39 is 0 Å². The number of aromatic nitrogens is 1. The van der Waals surface area contributed by atoms with Gasteiger partial charge in [0.05, 0.1) is 11.2 Å². The SMILES string of the molecule is CNCc1ccccc1CN(C)Cc1cscn1. The third-order valence-electron chi connectivity index (χ3n) is 2.84. The van der Waals surface area contributed by atoms with Crippen LogP contribution in [-0.2, 0) is 19.6 Å². The van der Waals surface area contributed by atoms with Crippen LogP contribution in [0.2, 0.25) is 0 Å². The van der Waals surface area contributed by atoms with E-state index in [0.29, 0.717) is 0 Å². The van der Waals surface area contributed by atoms with Gasteiger partial charge in [-0.15, -0.1) is 11.3 Å². The molecule has 1 N–H and O–H groups in total. The molecule has 0 bridgehead atoms. The van der Waals surface area contributed by atoms with Gasteiger partial charge in [-0.3, -0.25) is 4.90 Å². The van der Waals surface area contributed by atoms with E-state index in [0.717, 1.165) is 25.3 Å². The van der Waals surface area contributed by atoms with Crippen LogP contribution in [0.3, 0.4) is 0 Å². The van der Waals surface area contributed by atoms with Crippen LogP contribution >= 0.6 is 11.3 Å². The van der Waals surface area contributed by atoms with Crippen LogP contribution in [0, 0.1) is 0 Å². The van der Waals surface area contributed by atoms with Crippen LogP contribution in [0.25, 0.3) is 0 Å². The van der Waals surface area contributed by atoms with Crippen LogP contribution in [0.4, 0.5) is 0 Å². The number of thiazole rings is 1. The Kier molecular flexibility index (Phi) is 4.87. The number of nitrogens with one attached hydrogen (secondary N) is 1. The van der Waals surface area contributed by atoms with Gasteiger partial charge in [0.1, 0.15) is 0 Å². The van der Waals surface area contributed by atoms with Crippen molar-refractivity contribution in [1.29, 1.82) is 0 Å². The molecule has 0 amide bonds. The third kappa shape index (κ3) is 3.63. The quantitative estimate of drug-likeness (QED) is 0.866. The standard InChI is InChI=1S/C14H19N3S/c1-15-7-12-5-3-4-6-13(12)8-17(2)9-14-10-18-11-16-14/h3-6,10-11,15H,7-9H2,1-2H3. The molecule has 0 aliphatic rings. The number of hydrogen-bond acceptors (Lipinski definition) is 4. The first-order valence-corrected chi connectivity index (χ1v) is 7.01. The second kappa shape index (κ2) is 6.64. The van der Waals surface area contributed by atoms with Gasteiger partial charge in [0.15, 0.2) is 0 Å². The number of rotatable bonds is 6. The van der Waals surface area contributed by atoms with Crippen LogP contribution in [0.15, 0.2) is 35.2 Å². The fourth-order valence-electron chi connectivity index (χ4n) is 2.01. The third-order valence-corrected chi connectivity index (χ3v) is 3.48. The lowest BCUT2D eigenvalue weighted by molar-refractivity contribution is 0.314. The van der Waals surface area contributed by atoms with Crippen molar-refractivity contribution in [3.05, 3.63) is 52.0 Å². The lowest BCUT2D eigenvalue weighted by Crippen LogP contribution is -2.19. The van der Waals surface area contributed by atoms with Gasteiger partial charge in [-0.25, -0.2) is 4.98 Å². The highest BCUT2D eigenvalue weighted by atomic mass is 32.1. The highest BCUT2D eigenvalue weighted by Crippen LogP contribution is 2.13. The molecule has 0 saturated carbocycles. The predicted octanol–water partition coefficient (Wildman–Crippen LogP) is 2.49. The molecule has 96 valence electrons. The molecule has 3 nitrogen and oxygen atoms in total. The molecule has 0 saturated heterocycles. The average molecular weight is 261 g/mol. The van der Waals surface area contributed by atoms with Crippen molar-refractivity contribution < 1.29 is 0 Å². The summed E-state index contributed by atoms with van der Waals surface area (Å²) in [6, 6.07) is 8.58.